The predicted octanol–water partition coefficient (Wildman–Crippen LogP) is 4.28. The highest BCUT2D eigenvalue weighted by atomic mass is 32.1. The Kier molecular flexibility index (Phi) is 10.6. The molecule has 0 spiro atoms. The first-order chi connectivity index (χ1) is 8.72. The van der Waals surface area contributed by atoms with E-state index in [9.17, 15) is 4.79 Å². The lowest BCUT2D eigenvalue weighted by molar-refractivity contribution is -0.143. The van der Waals surface area contributed by atoms with Crippen molar-refractivity contribution in [2.75, 3.05) is 6.61 Å². The van der Waals surface area contributed by atoms with Crippen LogP contribution in [-0.2, 0) is 16.0 Å². The number of hydrogen-bond donors (Lipinski definition) is 1. The highest BCUT2D eigenvalue weighted by Gasteiger charge is 2.03. The molecule has 0 atom stereocenters. The second-order valence-corrected chi connectivity index (χ2v) is 4.26. The summed E-state index contributed by atoms with van der Waals surface area (Å²) in [6.07, 6.45) is 3.16. The number of unbranched alkanes of at least 4 members (excludes halogenated alkanes) is 1. The van der Waals surface area contributed by atoms with Gasteiger partial charge in [0, 0.05) is 11.3 Å². The number of aryl methyl sites for hydroxylation is 1. The molecule has 0 aliphatic heterocycles. The van der Waals surface area contributed by atoms with Gasteiger partial charge in [-0.2, -0.15) is 0 Å². The van der Waals surface area contributed by atoms with Gasteiger partial charge in [-0.1, -0.05) is 39.3 Å². The fourth-order valence-corrected chi connectivity index (χ4v) is 1.61. The topological polar surface area (TPSA) is 26.3 Å². The fraction of sp³-hybridized carbons (Fsp3) is 0.533. The monoisotopic (exact) mass is 268 g/mol. The van der Waals surface area contributed by atoms with Gasteiger partial charge in [0.05, 0.1) is 6.61 Å². The molecule has 0 radical (unpaired) electrons. The number of thiol groups is 1. The summed E-state index contributed by atoms with van der Waals surface area (Å²) in [6, 6.07) is 7.84. The summed E-state index contributed by atoms with van der Waals surface area (Å²) in [4.78, 5) is 12.3. The molecule has 1 aromatic rings. The summed E-state index contributed by atoms with van der Waals surface area (Å²) in [5.74, 6) is -0.113. The van der Waals surface area contributed by atoms with Gasteiger partial charge in [0.15, 0.2) is 0 Å². The van der Waals surface area contributed by atoms with E-state index in [-0.39, 0.29) is 5.97 Å². The van der Waals surface area contributed by atoms with Crippen LogP contribution in [0.3, 0.4) is 0 Å². The lowest BCUT2D eigenvalue weighted by Crippen LogP contribution is -2.06. The maximum Gasteiger partial charge on any atom is 0.306 e. The van der Waals surface area contributed by atoms with Crippen molar-refractivity contribution in [2.24, 2.45) is 0 Å². The van der Waals surface area contributed by atoms with Gasteiger partial charge in [-0.15, -0.1) is 12.6 Å². The van der Waals surface area contributed by atoms with Gasteiger partial charge in [0.2, 0.25) is 0 Å². The molecule has 0 aliphatic carbocycles. The molecule has 18 heavy (non-hydrogen) atoms. The molecule has 0 aliphatic rings. The Morgan fingerprint density at radius 3 is 2.67 bits per heavy atom. The van der Waals surface area contributed by atoms with Gasteiger partial charge < -0.3 is 4.74 Å². The number of carbonyl (C=O) groups is 1. The van der Waals surface area contributed by atoms with Crippen LogP contribution in [0.2, 0.25) is 0 Å². The van der Waals surface area contributed by atoms with E-state index in [1.165, 1.54) is 0 Å². The quantitative estimate of drug-likeness (QED) is 0.473. The molecule has 0 amide bonds. The van der Waals surface area contributed by atoms with Crippen molar-refractivity contribution in [3.05, 3.63) is 29.8 Å². The van der Waals surface area contributed by atoms with Gasteiger partial charge in [-0.25, -0.2) is 0 Å². The predicted molar refractivity (Wildman–Crippen MR) is 79.2 cm³/mol. The molecule has 0 saturated carbocycles. The zero-order valence-corrected chi connectivity index (χ0v) is 12.5. The standard InChI is InChI=1S/C13H18O2S.C2H6/c1-2-3-9-15-13(14)8-7-11-5-4-6-12(16)10-11;1-2/h4-6,10,16H,2-3,7-9H2,1H3;1-2H3. The van der Waals surface area contributed by atoms with Gasteiger partial charge in [-0.05, 0) is 30.5 Å². The molecular weight excluding hydrogens is 244 g/mol. The van der Waals surface area contributed by atoms with Crippen molar-refractivity contribution in [1.82, 2.24) is 0 Å². The first kappa shape index (κ1) is 17.0. The SMILES string of the molecule is CC.CCCCOC(=O)CCc1cccc(S)c1. The van der Waals surface area contributed by atoms with Crippen LogP contribution in [0.4, 0.5) is 0 Å². The number of benzene rings is 1. The Balaban J connectivity index is 0.00000137. The average molecular weight is 268 g/mol. The molecule has 1 rings (SSSR count). The van der Waals surface area contributed by atoms with Crippen molar-refractivity contribution >= 4 is 18.6 Å². The number of ether oxygens (including phenoxy) is 1. The van der Waals surface area contributed by atoms with Crippen molar-refractivity contribution in [3.63, 3.8) is 0 Å². The molecule has 0 heterocycles. The van der Waals surface area contributed by atoms with Gasteiger partial charge in [0.25, 0.3) is 0 Å². The molecular formula is C15H24O2S. The Morgan fingerprint density at radius 2 is 2.06 bits per heavy atom. The van der Waals surface area contributed by atoms with E-state index in [0.717, 1.165) is 29.7 Å². The Hall–Kier alpha value is -0.960. The van der Waals surface area contributed by atoms with Crippen molar-refractivity contribution < 1.29 is 9.53 Å². The normalized spacial score (nSPS) is 9.33. The highest BCUT2D eigenvalue weighted by molar-refractivity contribution is 7.80. The third kappa shape index (κ3) is 8.18. The molecule has 2 nitrogen and oxygen atoms in total. The van der Waals surface area contributed by atoms with E-state index >= 15 is 0 Å². The molecule has 0 aromatic heterocycles. The average Bonchev–Trinajstić information content (AvgIpc) is 2.39. The summed E-state index contributed by atoms with van der Waals surface area (Å²) in [5.41, 5.74) is 1.12. The summed E-state index contributed by atoms with van der Waals surface area (Å²) in [7, 11) is 0. The lowest BCUT2D eigenvalue weighted by atomic mass is 10.1. The first-order valence-electron chi connectivity index (χ1n) is 6.66. The van der Waals surface area contributed by atoms with Crippen LogP contribution in [-0.4, -0.2) is 12.6 Å². The van der Waals surface area contributed by atoms with E-state index in [2.05, 4.69) is 19.6 Å². The summed E-state index contributed by atoms with van der Waals surface area (Å²) < 4.78 is 5.08. The van der Waals surface area contributed by atoms with E-state index in [1.807, 2.05) is 38.1 Å². The smallest absolute Gasteiger partial charge is 0.306 e. The van der Waals surface area contributed by atoms with Gasteiger partial charge >= 0.3 is 5.97 Å². The maximum atomic E-state index is 11.3. The Bertz CT molecular complexity index is 337. The van der Waals surface area contributed by atoms with E-state index in [4.69, 9.17) is 4.74 Å². The van der Waals surface area contributed by atoms with Crippen LogP contribution < -0.4 is 0 Å². The van der Waals surface area contributed by atoms with Crippen LogP contribution in [0.15, 0.2) is 29.2 Å². The second kappa shape index (κ2) is 11.1. The van der Waals surface area contributed by atoms with E-state index < -0.39 is 0 Å². The highest BCUT2D eigenvalue weighted by Crippen LogP contribution is 2.10. The minimum Gasteiger partial charge on any atom is -0.466 e. The van der Waals surface area contributed by atoms with Crippen molar-refractivity contribution in [3.8, 4) is 0 Å². The van der Waals surface area contributed by atoms with Crippen molar-refractivity contribution in [1.29, 1.82) is 0 Å². The maximum absolute atomic E-state index is 11.3. The number of carbonyl (C=O) groups excluding carboxylic acids is 1. The third-order valence-electron chi connectivity index (χ3n) is 2.29. The fourth-order valence-electron chi connectivity index (χ4n) is 1.36. The van der Waals surface area contributed by atoms with Crippen molar-refractivity contribution in [2.45, 2.75) is 51.3 Å². The number of rotatable bonds is 6. The van der Waals surface area contributed by atoms with Crippen LogP contribution in [0.25, 0.3) is 0 Å². The zero-order valence-electron chi connectivity index (χ0n) is 11.6. The lowest BCUT2D eigenvalue weighted by Gasteiger charge is -2.04. The largest absolute Gasteiger partial charge is 0.466 e. The Morgan fingerprint density at radius 1 is 1.33 bits per heavy atom. The molecule has 0 N–H and O–H groups in total. The molecule has 3 heteroatoms. The second-order valence-electron chi connectivity index (χ2n) is 3.74. The van der Waals surface area contributed by atoms with E-state index in [0.29, 0.717) is 13.0 Å². The van der Waals surface area contributed by atoms with Crippen LogP contribution in [0.5, 0.6) is 0 Å². The molecule has 102 valence electrons. The van der Waals surface area contributed by atoms with E-state index in [1.54, 1.807) is 0 Å². The molecule has 1 aromatic carbocycles. The minimum absolute atomic E-state index is 0.113. The third-order valence-corrected chi connectivity index (χ3v) is 2.57. The summed E-state index contributed by atoms with van der Waals surface area (Å²) >= 11 is 4.25. The Labute approximate surface area is 116 Å². The molecule has 0 saturated heterocycles. The first-order valence-corrected chi connectivity index (χ1v) is 7.10. The van der Waals surface area contributed by atoms with Crippen LogP contribution >= 0.6 is 12.6 Å². The molecule has 0 fully saturated rings. The zero-order chi connectivity index (χ0) is 13.8. The van der Waals surface area contributed by atoms with Crippen LogP contribution in [0, 0.1) is 0 Å². The van der Waals surface area contributed by atoms with Gasteiger partial charge in [0.1, 0.15) is 0 Å². The van der Waals surface area contributed by atoms with Gasteiger partial charge in [-0.3, -0.25) is 4.79 Å². The number of hydrogen-bond acceptors (Lipinski definition) is 3. The molecule has 0 bridgehead atoms. The minimum atomic E-state index is -0.113. The summed E-state index contributed by atoms with van der Waals surface area (Å²) in [6.45, 7) is 6.62. The molecule has 0 unspecified atom stereocenters. The summed E-state index contributed by atoms with van der Waals surface area (Å²) in [5, 5.41) is 0. The number of esters is 1. The van der Waals surface area contributed by atoms with Crippen LogP contribution in [0.1, 0.15) is 45.6 Å².